The van der Waals surface area contributed by atoms with Crippen LogP contribution in [0.1, 0.15) is 42.3 Å². The standard InChI is InChI=1S/C17H22N4O/c1-11-7-6-8-12(2)14(11)20-16-18-9-13(10-19-16)15(22)21-17(3,4)5/h6-10H,1-5H3,(H,21,22)(H,18,19,20). The van der Waals surface area contributed by atoms with Gasteiger partial charge in [-0.1, -0.05) is 18.2 Å². The van der Waals surface area contributed by atoms with E-state index in [4.69, 9.17) is 0 Å². The van der Waals surface area contributed by atoms with E-state index >= 15 is 0 Å². The van der Waals surface area contributed by atoms with Crippen molar-refractivity contribution in [3.05, 3.63) is 47.3 Å². The maximum atomic E-state index is 12.0. The number of amides is 1. The lowest BCUT2D eigenvalue weighted by Crippen LogP contribution is -2.40. The fraction of sp³-hybridized carbons (Fsp3) is 0.353. The van der Waals surface area contributed by atoms with Crippen LogP contribution < -0.4 is 10.6 Å². The molecule has 0 saturated heterocycles. The fourth-order valence-corrected chi connectivity index (χ4v) is 2.05. The summed E-state index contributed by atoms with van der Waals surface area (Å²) in [5.41, 5.74) is 3.40. The average molecular weight is 298 g/mol. The number of rotatable bonds is 3. The number of nitrogens with zero attached hydrogens (tertiary/aromatic N) is 2. The molecule has 1 aromatic carbocycles. The second kappa shape index (κ2) is 6.13. The predicted molar refractivity (Wildman–Crippen MR) is 88.4 cm³/mol. The minimum atomic E-state index is -0.285. The van der Waals surface area contributed by atoms with Gasteiger partial charge in [0, 0.05) is 23.6 Å². The van der Waals surface area contributed by atoms with Gasteiger partial charge in [-0.3, -0.25) is 4.79 Å². The van der Waals surface area contributed by atoms with Gasteiger partial charge < -0.3 is 10.6 Å². The number of anilines is 2. The molecule has 2 aromatic rings. The molecule has 0 aliphatic heterocycles. The molecule has 2 rings (SSSR count). The molecule has 0 aliphatic carbocycles. The Kier molecular flexibility index (Phi) is 4.45. The third kappa shape index (κ3) is 4.04. The summed E-state index contributed by atoms with van der Waals surface area (Å²) in [5.74, 6) is 0.302. The molecule has 1 aromatic heterocycles. The third-order valence-corrected chi connectivity index (χ3v) is 3.12. The molecule has 1 heterocycles. The number of benzene rings is 1. The van der Waals surface area contributed by atoms with Crippen molar-refractivity contribution in [3.8, 4) is 0 Å². The van der Waals surface area contributed by atoms with Crippen LogP contribution in [0.15, 0.2) is 30.6 Å². The molecular formula is C17H22N4O. The van der Waals surface area contributed by atoms with Crippen LogP contribution >= 0.6 is 0 Å². The smallest absolute Gasteiger partial charge is 0.254 e. The topological polar surface area (TPSA) is 66.9 Å². The van der Waals surface area contributed by atoms with E-state index in [2.05, 4.69) is 20.6 Å². The monoisotopic (exact) mass is 298 g/mol. The van der Waals surface area contributed by atoms with Crippen molar-refractivity contribution < 1.29 is 4.79 Å². The maximum absolute atomic E-state index is 12.0. The van der Waals surface area contributed by atoms with E-state index in [9.17, 15) is 4.79 Å². The van der Waals surface area contributed by atoms with Crippen LogP contribution in [0.3, 0.4) is 0 Å². The Morgan fingerprint density at radius 2 is 1.59 bits per heavy atom. The fourth-order valence-electron chi connectivity index (χ4n) is 2.05. The Hall–Kier alpha value is -2.43. The quantitative estimate of drug-likeness (QED) is 0.911. The summed E-state index contributed by atoms with van der Waals surface area (Å²) in [5, 5.41) is 6.08. The van der Waals surface area contributed by atoms with E-state index in [1.165, 1.54) is 12.4 Å². The van der Waals surface area contributed by atoms with Gasteiger partial charge in [-0.2, -0.15) is 0 Å². The van der Waals surface area contributed by atoms with E-state index in [1.807, 2.05) is 52.8 Å². The molecule has 0 fully saturated rings. The van der Waals surface area contributed by atoms with Crippen LogP contribution in [0.5, 0.6) is 0 Å². The summed E-state index contributed by atoms with van der Waals surface area (Å²) in [7, 11) is 0. The number of carbonyl (C=O) groups is 1. The number of hydrogen-bond acceptors (Lipinski definition) is 4. The highest BCUT2D eigenvalue weighted by Gasteiger charge is 2.16. The lowest BCUT2D eigenvalue weighted by molar-refractivity contribution is 0.0919. The van der Waals surface area contributed by atoms with Crippen LogP contribution in [-0.2, 0) is 0 Å². The third-order valence-electron chi connectivity index (χ3n) is 3.12. The van der Waals surface area contributed by atoms with Crippen molar-refractivity contribution in [1.29, 1.82) is 0 Å². The van der Waals surface area contributed by atoms with E-state index in [0.29, 0.717) is 11.5 Å². The summed E-state index contributed by atoms with van der Waals surface area (Å²) in [4.78, 5) is 20.5. The molecule has 0 saturated carbocycles. The lowest BCUT2D eigenvalue weighted by Gasteiger charge is -2.20. The van der Waals surface area contributed by atoms with Gasteiger partial charge in [0.05, 0.1) is 5.56 Å². The molecule has 1 amide bonds. The van der Waals surface area contributed by atoms with Gasteiger partial charge in [-0.25, -0.2) is 9.97 Å². The number of aryl methyl sites for hydroxylation is 2. The average Bonchev–Trinajstić information content (AvgIpc) is 2.42. The Morgan fingerprint density at radius 1 is 1.05 bits per heavy atom. The first-order valence-electron chi connectivity index (χ1n) is 7.24. The molecule has 0 atom stereocenters. The molecule has 5 nitrogen and oxygen atoms in total. The van der Waals surface area contributed by atoms with Crippen LogP contribution in [0.2, 0.25) is 0 Å². The molecule has 22 heavy (non-hydrogen) atoms. The van der Waals surface area contributed by atoms with Crippen molar-refractivity contribution in [2.45, 2.75) is 40.2 Å². The van der Waals surface area contributed by atoms with Crippen molar-refractivity contribution in [3.63, 3.8) is 0 Å². The summed E-state index contributed by atoms with van der Waals surface area (Å²) >= 11 is 0. The summed E-state index contributed by atoms with van der Waals surface area (Å²) in [6.07, 6.45) is 3.06. The SMILES string of the molecule is Cc1cccc(C)c1Nc1ncc(C(=O)NC(C)(C)C)cn1. The van der Waals surface area contributed by atoms with Gasteiger partial charge in [0.1, 0.15) is 0 Å². The molecule has 0 unspecified atom stereocenters. The molecule has 0 aliphatic rings. The van der Waals surface area contributed by atoms with E-state index < -0.39 is 0 Å². The van der Waals surface area contributed by atoms with E-state index in [1.54, 1.807) is 0 Å². The number of nitrogens with one attached hydrogen (secondary N) is 2. The van der Waals surface area contributed by atoms with Crippen LogP contribution in [-0.4, -0.2) is 21.4 Å². The Morgan fingerprint density at radius 3 is 2.09 bits per heavy atom. The first-order chi connectivity index (χ1) is 10.3. The highest BCUT2D eigenvalue weighted by atomic mass is 16.1. The summed E-state index contributed by atoms with van der Waals surface area (Å²) in [6, 6.07) is 6.07. The van der Waals surface area contributed by atoms with Crippen molar-refractivity contribution >= 4 is 17.5 Å². The molecular weight excluding hydrogens is 276 g/mol. The van der Waals surface area contributed by atoms with Crippen molar-refractivity contribution in [1.82, 2.24) is 15.3 Å². The Labute approximate surface area is 131 Å². The molecule has 0 bridgehead atoms. The molecule has 116 valence electrons. The number of para-hydroxylation sites is 1. The maximum Gasteiger partial charge on any atom is 0.254 e. The second-order valence-electron chi connectivity index (χ2n) is 6.39. The van der Waals surface area contributed by atoms with Crippen LogP contribution in [0.4, 0.5) is 11.6 Å². The number of aromatic nitrogens is 2. The van der Waals surface area contributed by atoms with Gasteiger partial charge in [-0.05, 0) is 45.7 Å². The molecule has 0 radical (unpaired) electrons. The predicted octanol–water partition coefficient (Wildman–Crippen LogP) is 3.37. The first kappa shape index (κ1) is 15.9. The minimum Gasteiger partial charge on any atom is -0.347 e. The zero-order valence-corrected chi connectivity index (χ0v) is 13.7. The Bertz CT molecular complexity index is 652. The molecule has 0 spiro atoms. The van der Waals surface area contributed by atoms with Gasteiger partial charge in [0.2, 0.25) is 5.95 Å². The Balaban J connectivity index is 2.14. The zero-order valence-electron chi connectivity index (χ0n) is 13.7. The van der Waals surface area contributed by atoms with E-state index in [0.717, 1.165) is 16.8 Å². The molecule has 5 heteroatoms. The van der Waals surface area contributed by atoms with Gasteiger partial charge in [0.25, 0.3) is 5.91 Å². The minimum absolute atomic E-state index is 0.175. The first-order valence-corrected chi connectivity index (χ1v) is 7.24. The molecule has 2 N–H and O–H groups in total. The van der Waals surface area contributed by atoms with Gasteiger partial charge in [-0.15, -0.1) is 0 Å². The summed E-state index contributed by atoms with van der Waals surface area (Å²) < 4.78 is 0. The van der Waals surface area contributed by atoms with Crippen molar-refractivity contribution in [2.75, 3.05) is 5.32 Å². The second-order valence-corrected chi connectivity index (χ2v) is 6.39. The number of carbonyl (C=O) groups excluding carboxylic acids is 1. The van der Waals surface area contributed by atoms with E-state index in [-0.39, 0.29) is 11.4 Å². The largest absolute Gasteiger partial charge is 0.347 e. The van der Waals surface area contributed by atoms with Crippen LogP contribution in [0.25, 0.3) is 0 Å². The zero-order chi connectivity index (χ0) is 16.3. The van der Waals surface area contributed by atoms with Gasteiger partial charge in [0.15, 0.2) is 0 Å². The lowest BCUT2D eigenvalue weighted by atomic mass is 10.1. The number of hydrogen-bond donors (Lipinski definition) is 2. The van der Waals surface area contributed by atoms with Crippen molar-refractivity contribution in [2.24, 2.45) is 0 Å². The summed E-state index contributed by atoms with van der Waals surface area (Å²) in [6.45, 7) is 9.86. The normalized spacial score (nSPS) is 11.1. The highest BCUT2D eigenvalue weighted by Crippen LogP contribution is 2.22. The van der Waals surface area contributed by atoms with Gasteiger partial charge >= 0.3 is 0 Å². The van der Waals surface area contributed by atoms with Crippen LogP contribution in [0, 0.1) is 13.8 Å². The highest BCUT2D eigenvalue weighted by molar-refractivity contribution is 5.94.